The average molecular weight is 343 g/mol. The molecule has 20 heavy (non-hydrogen) atoms. The molecule has 0 bridgehead atoms. The summed E-state index contributed by atoms with van der Waals surface area (Å²) in [6.45, 7) is 4.47. The number of halogens is 1. The molecule has 3 rings (SSSR count). The molecule has 3 heterocycles. The standard InChI is InChI=1S/C16H23BrO3/c1-3-12-10(2)7-13-15(19-12)9-16-14(20-16)8-11(18-13)5-4-6-17/h5-6,10-16H,3,7-9H2,1-2H3/t4?,10-,11+,12+,13-,14+,15-,16-/m1/s1. The van der Waals surface area contributed by atoms with Gasteiger partial charge in [-0.1, -0.05) is 29.8 Å². The van der Waals surface area contributed by atoms with E-state index in [0.717, 1.165) is 25.7 Å². The fraction of sp³-hybridized carbons (Fsp3) is 0.812. The fourth-order valence-corrected chi connectivity index (χ4v) is 3.70. The summed E-state index contributed by atoms with van der Waals surface area (Å²) in [6, 6.07) is 0. The van der Waals surface area contributed by atoms with Gasteiger partial charge in [-0.3, -0.25) is 0 Å². The third-order valence-electron chi connectivity index (χ3n) is 4.72. The van der Waals surface area contributed by atoms with E-state index >= 15 is 0 Å². The average Bonchev–Trinajstić information content (AvgIpc) is 3.13. The van der Waals surface area contributed by atoms with E-state index < -0.39 is 0 Å². The molecule has 0 amide bonds. The Balaban J connectivity index is 1.73. The zero-order valence-electron chi connectivity index (χ0n) is 12.1. The van der Waals surface area contributed by atoms with Gasteiger partial charge in [0.2, 0.25) is 0 Å². The summed E-state index contributed by atoms with van der Waals surface area (Å²) in [6.07, 6.45) is 7.64. The first kappa shape index (κ1) is 14.8. The number of rotatable bonds is 2. The van der Waals surface area contributed by atoms with E-state index in [9.17, 15) is 0 Å². The summed E-state index contributed by atoms with van der Waals surface area (Å²) in [5.74, 6) is 0.563. The van der Waals surface area contributed by atoms with Gasteiger partial charge in [0.15, 0.2) is 0 Å². The molecular formula is C16H23BrO3. The van der Waals surface area contributed by atoms with Crippen LogP contribution in [0.25, 0.3) is 0 Å². The van der Waals surface area contributed by atoms with Gasteiger partial charge in [-0.05, 0) is 24.8 Å². The molecule has 7 atom stereocenters. The molecule has 0 saturated carbocycles. The van der Waals surface area contributed by atoms with Crippen molar-refractivity contribution >= 4 is 15.9 Å². The molecular weight excluding hydrogens is 320 g/mol. The van der Waals surface area contributed by atoms with Gasteiger partial charge in [-0.25, -0.2) is 0 Å². The summed E-state index contributed by atoms with van der Waals surface area (Å²) in [7, 11) is 0. The molecule has 3 aliphatic rings. The maximum absolute atomic E-state index is 6.29. The van der Waals surface area contributed by atoms with Gasteiger partial charge >= 0.3 is 0 Å². The van der Waals surface area contributed by atoms with Gasteiger partial charge in [0.25, 0.3) is 0 Å². The minimum absolute atomic E-state index is 0.0839. The molecule has 3 fully saturated rings. The predicted octanol–water partition coefficient (Wildman–Crippen LogP) is 3.57. The zero-order valence-corrected chi connectivity index (χ0v) is 13.7. The number of fused-ring (bicyclic) bond motifs is 2. The van der Waals surface area contributed by atoms with Crippen LogP contribution >= 0.6 is 15.9 Å². The summed E-state index contributed by atoms with van der Waals surface area (Å²) >= 11 is 3.25. The van der Waals surface area contributed by atoms with E-state index in [-0.39, 0.29) is 18.3 Å². The molecule has 0 aliphatic carbocycles. The van der Waals surface area contributed by atoms with Crippen molar-refractivity contribution in [2.24, 2.45) is 5.92 Å². The van der Waals surface area contributed by atoms with Crippen molar-refractivity contribution in [2.45, 2.75) is 76.2 Å². The van der Waals surface area contributed by atoms with E-state index in [1.54, 1.807) is 4.99 Å². The van der Waals surface area contributed by atoms with Gasteiger partial charge in [-0.2, -0.15) is 0 Å². The second-order valence-corrected chi connectivity index (χ2v) is 6.63. The molecule has 0 aromatic carbocycles. The number of hydrogen-bond donors (Lipinski definition) is 0. The van der Waals surface area contributed by atoms with Crippen LogP contribution in [0, 0.1) is 5.92 Å². The van der Waals surface area contributed by atoms with Gasteiger partial charge in [-0.15, -0.1) is 5.73 Å². The minimum Gasteiger partial charge on any atom is -0.372 e. The Hall–Kier alpha value is -0.120. The van der Waals surface area contributed by atoms with E-state index in [1.165, 1.54) is 0 Å². The first-order valence-corrected chi connectivity index (χ1v) is 8.60. The van der Waals surface area contributed by atoms with Crippen molar-refractivity contribution in [1.82, 2.24) is 0 Å². The van der Waals surface area contributed by atoms with Gasteiger partial charge in [0, 0.05) is 17.8 Å². The topological polar surface area (TPSA) is 31.0 Å². The summed E-state index contributed by atoms with van der Waals surface area (Å²) < 4.78 is 18.3. The number of ether oxygens (including phenoxy) is 3. The molecule has 3 aliphatic heterocycles. The Morgan fingerprint density at radius 3 is 2.50 bits per heavy atom. The quantitative estimate of drug-likeness (QED) is 0.567. The van der Waals surface area contributed by atoms with Crippen LogP contribution < -0.4 is 0 Å². The normalized spacial score (nSPS) is 47.0. The van der Waals surface area contributed by atoms with E-state index in [2.05, 4.69) is 35.5 Å². The van der Waals surface area contributed by atoms with Crippen LogP contribution in [0.15, 0.2) is 16.8 Å². The summed E-state index contributed by atoms with van der Waals surface area (Å²) in [4.78, 5) is 1.74. The van der Waals surface area contributed by atoms with Crippen molar-refractivity contribution in [3.05, 3.63) is 16.8 Å². The lowest BCUT2D eigenvalue weighted by Gasteiger charge is -2.41. The fourth-order valence-electron chi connectivity index (χ4n) is 3.55. The van der Waals surface area contributed by atoms with Crippen LogP contribution in [0.5, 0.6) is 0 Å². The van der Waals surface area contributed by atoms with Crippen molar-refractivity contribution in [1.29, 1.82) is 0 Å². The zero-order chi connectivity index (χ0) is 14.1. The maximum atomic E-state index is 6.29. The second-order valence-electron chi connectivity index (χ2n) is 6.17. The van der Waals surface area contributed by atoms with Crippen LogP contribution in [-0.4, -0.2) is 36.6 Å². The highest BCUT2D eigenvalue weighted by atomic mass is 79.9. The Morgan fingerprint density at radius 1 is 1.05 bits per heavy atom. The lowest BCUT2D eigenvalue weighted by Crippen LogP contribution is -2.47. The number of epoxide rings is 1. The monoisotopic (exact) mass is 342 g/mol. The molecule has 112 valence electrons. The Labute approximate surface area is 129 Å². The van der Waals surface area contributed by atoms with Crippen molar-refractivity contribution in [3.63, 3.8) is 0 Å². The highest BCUT2D eigenvalue weighted by Gasteiger charge is 2.48. The SMILES string of the molecule is CC[C@@H]1O[C@@H]2C[C@H]3O[C@H]3C[C@H](C=C=CBr)O[C@@H]2C[C@H]1C. The molecule has 4 heteroatoms. The smallest absolute Gasteiger partial charge is 0.0871 e. The summed E-state index contributed by atoms with van der Waals surface area (Å²) in [5.41, 5.74) is 3.08. The molecule has 0 aromatic rings. The number of hydrogen-bond acceptors (Lipinski definition) is 3. The molecule has 3 nitrogen and oxygen atoms in total. The Bertz CT molecular complexity index is 405. The van der Waals surface area contributed by atoms with Crippen molar-refractivity contribution in [3.8, 4) is 0 Å². The third kappa shape index (κ3) is 3.20. The van der Waals surface area contributed by atoms with Crippen molar-refractivity contribution < 1.29 is 14.2 Å². The maximum Gasteiger partial charge on any atom is 0.0871 e. The lowest BCUT2D eigenvalue weighted by atomic mass is 9.87. The third-order valence-corrected chi connectivity index (χ3v) is 4.98. The Kier molecular flexibility index (Phi) is 4.68. The van der Waals surface area contributed by atoms with Crippen LogP contribution in [0.3, 0.4) is 0 Å². The van der Waals surface area contributed by atoms with Gasteiger partial charge in [0.05, 0.1) is 36.6 Å². The summed E-state index contributed by atoms with van der Waals surface area (Å²) in [5, 5.41) is 0. The second kappa shape index (κ2) is 6.33. The van der Waals surface area contributed by atoms with E-state index in [0.29, 0.717) is 24.2 Å². The van der Waals surface area contributed by atoms with Gasteiger partial charge in [0.1, 0.15) is 0 Å². The van der Waals surface area contributed by atoms with E-state index in [4.69, 9.17) is 14.2 Å². The highest BCUT2D eigenvalue weighted by Crippen LogP contribution is 2.40. The van der Waals surface area contributed by atoms with E-state index in [1.807, 2.05) is 6.08 Å². The molecule has 0 N–H and O–H groups in total. The molecule has 3 saturated heterocycles. The van der Waals surface area contributed by atoms with Crippen LogP contribution in [-0.2, 0) is 14.2 Å². The van der Waals surface area contributed by atoms with Crippen LogP contribution in [0.4, 0.5) is 0 Å². The largest absolute Gasteiger partial charge is 0.372 e. The first-order valence-electron chi connectivity index (χ1n) is 7.69. The van der Waals surface area contributed by atoms with Crippen LogP contribution in [0.1, 0.15) is 39.5 Å². The first-order chi connectivity index (χ1) is 9.71. The predicted molar refractivity (Wildman–Crippen MR) is 80.9 cm³/mol. The van der Waals surface area contributed by atoms with Crippen LogP contribution in [0.2, 0.25) is 0 Å². The van der Waals surface area contributed by atoms with Crippen molar-refractivity contribution in [2.75, 3.05) is 0 Å². The highest BCUT2D eigenvalue weighted by molar-refractivity contribution is 9.11. The molecule has 0 aromatic heterocycles. The minimum atomic E-state index is 0.0839. The molecule has 0 radical (unpaired) electrons. The Morgan fingerprint density at radius 2 is 1.75 bits per heavy atom. The lowest BCUT2D eigenvalue weighted by molar-refractivity contribution is -0.176. The molecule has 0 unspecified atom stereocenters. The van der Waals surface area contributed by atoms with Gasteiger partial charge < -0.3 is 14.2 Å². The molecule has 0 spiro atoms.